The molecule has 0 saturated carbocycles. The number of furan rings is 1. The number of carbonyl (C=O) groups is 1. The molecule has 0 atom stereocenters. The van der Waals surface area contributed by atoms with Gasteiger partial charge in [0.15, 0.2) is 0 Å². The van der Waals surface area contributed by atoms with E-state index >= 15 is 0 Å². The Morgan fingerprint density at radius 1 is 1.26 bits per heavy atom. The third-order valence-electron chi connectivity index (χ3n) is 3.06. The number of rotatable bonds is 4. The zero-order chi connectivity index (χ0) is 13.8. The molecule has 4 nitrogen and oxygen atoms in total. The van der Waals surface area contributed by atoms with Crippen molar-refractivity contribution in [2.24, 2.45) is 5.73 Å². The molecule has 1 amide bonds. The van der Waals surface area contributed by atoms with Gasteiger partial charge in [-0.25, -0.2) is 0 Å². The minimum atomic E-state index is -0.124. The van der Waals surface area contributed by atoms with Crippen LogP contribution in [0.4, 0.5) is 0 Å². The molecule has 0 fully saturated rings. The molecule has 0 spiro atoms. The molecule has 4 heteroatoms. The van der Waals surface area contributed by atoms with Crippen LogP contribution in [0.25, 0.3) is 0 Å². The maximum absolute atomic E-state index is 12.0. The monoisotopic (exact) mass is 258 g/mol. The van der Waals surface area contributed by atoms with Gasteiger partial charge in [0.1, 0.15) is 11.5 Å². The van der Waals surface area contributed by atoms with E-state index in [-0.39, 0.29) is 5.91 Å². The standard InChI is InChI=1S/C15H18N2O2/c1-10-7-14(11(2)19-10)15(18)17-9-13-6-4-3-5-12(13)8-16/h3-7H,8-9,16H2,1-2H3,(H,17,18). The third kappa shape index (κ3) is 3.03. The van der Waals surface area contributed by atoms with Crippen molar-refractivity contribution in [3.63, 3.8) is 0 Å². The second-order valence-corrected chi connectivity index (χ2v) is 4.48. The molecule has 0 unspecified atom stereocenters. The summed E-state index contributed by atoms with van der Waals surface area (Å²) in [6.45, 7) is 4.55. The lowest BCUT2D eigenvalue weighted by molar-refractivity contribution is 0.0949. The van der Waals surface area contributed by atoms with Crippen molar-refractivity contribution in [1.82, 2.24) is 5.32 Å². The molecule has 2 aromatic rings. The summed E-state index contributed by atoms with van der Waals surface area (Å²) in [7, 11) is 0. The lowest BCUT2D eigenvalue weighted by atomic mass is 10.1. The van der Waals surface area contributed by atoms with Crippen LogP contribution in [0, 0.1) is 13.8 Å². The number of nitrogens with one attached hydrogen (secondary N) is 1. The number of amides is 1. The zero-order valence-corrected chi connectivity index (χ0v) is 11.2. The van der Waals surface area contributed by atoms with Gasteiger partial charge in [0.2, 0.25) is 0 Å². The Labute approximate surface area is 112 Å². The molecule has 0 saturated heterocycles. The highest BCUT2D eigenvalue weighted by Gasteiger charge is 2.13. The van der Waals surface area contributed by atoms with Crippen LogP contribution >= 0.6 is 0 Å². The van der Waals surface area contributed by atoms with E-state index in [0.717, 1.165) is 16.9 Å². The summed E-state index contributed by atoms with van der Waals surface area (Å²) in [4.78, 5) is 12.0. The summed E-state index contributed by atoms with van der Waals surface area (Å²) >= 11 is 0. The van der Waals surface area contributed by atoms with Crippen LogP contribution in [0.5, 0.6) is 0 Å². The lowest BCUT2D eigenvalue weighted by Crippen LogP contribution is -2.23. The van der Waals surface area contributed by atoms with Crippen LogP contribution in [0.2, 0.25) is 0 Å². The second-order valence-electron chi connectivity index (χ2n) is 4.48. The minimum Gasteiger partial charge on any atom is -0.466 e. The molecule has 3 N–H and O–H groups in total. The van der Waals surface area contributed by atoms with E-state index < -0.39 is 0 Å². The predicted molar refractivity (Wildman–Crippen MR) is 73.7 cm³/mol. The fourth-order valence-electron chi connectivity index (χ4n) is 2.06. The van der Waals surface area contributed by atoms with Gasteiger partial charge < -0.3 is 15.5 Å². The SMILES string of the molecule is Cc1cc(C(=O)NCc2ccccc2CN)c(C)o1. The Hall–Kier alpha value is -2.07. The Bertz CT molecular complexity index is 588. The van der Waals surface area contributed by atoms with Crippen LogP contribution in [0.1, 0.15) is 33.0 Å². The highest BCUT2D eigenvalue weighted by Crippen LogP contribution is 2.14. The van der Waals surface area contributed by atoms with Crippen LogP contribution in [0.3, 0.4) is 0 Å². The highest BCUT2D eigenvalue weighted by atomic mass is 16.3. The molecular weight excluding hydrogens is 240 g/mol. The molecule has 0 aliphatic carbocycles. The van der Waals surface area contributed by atoms with Gasteiger partial charge in [-0.3, -0.25) is 4.79 Å². The largest absolute Gasteiger partial charge is 0.466 e. The topological polar surface area (TPSA) is 68.3 Å². The molecule has 0 aliphatic rings. The maximum Gasteiger partial charge on any atom is 0.255 e. The predicted octanol–water partition coefficient (Wildman–Crippen LogP) is 2.29. The summed E-state index contributed by atoms with van der Waals surface area (Å²) < 4.78 is 5.35. The number of carbonyl (C=O) groups excluding carboxylic acids is 1. The van der Waals surface area contributed by atoms with Crippen molar-refractivity contribution in [2.45, 2.75) is 26.9 Å². The Balaban J connectivity index is 2.06. The fourth-order valence-corrected chi connectivity index (χ4v) is 2.06. The Kier molecular flexibility index (Phi) is 4.02. The van der Waals surface area contributed by atoms with Crippen molar-refractivity contribution in [3.8, 4) is 0 Å². The van der Waals surface area contributed by atoms with Gasteiger partial charge >= 0.3 is 0 Å². The Morgan fingerprint density at radius 3 is 2.53 bits per heavy atom. The molecule has 1 heterocycles. The average molecular weight is 258 g/mol. The number of aryl methyl sites for hydroxylation is 2. The third-order valence-corrected chi connectivity index (χ3v) is 3.06. The van der Waals surface area contributed by atoms with Crippen LogP contribution in [-0.2, 0) is 13.1 Å². The van der Waals surface area contributed by atoms with Gasteiger partial charge in [0.05, 0.1) is 5.56 Å². The van der Waals surface area contributed by atoms with Crippen molar-refractivity contribution in [1.29, 1.82) is 0 Å². The quantitative estimate of drug-likeness (QED) is 0.884. The molecule has 100 valence electrons. The van der Waals surface area contributed by atoms with Crippen molar-refractivity contribution >= 4 is 5.91 Å². The molecule has 19 heavy (non-hydrogen) atoms. The molecule has 0 radical (unpaired) electrons. The van der Waals surface area contributed by atoms with Gasteiger partial charge in [-0.1, -0.05) is 24.3 Å². The first-order chi connectivity index (χ1) is 9.11. The van der Waals surface area contributed by atoms with E-state index in [1.807, 2.05) is 31.2 Å². The van der Waals surface area contributed by atoms with Gasteiger partial charge in [0, 0.05) is 13.1 Å². The molecule has 1 aromatic heterocycles. The summed E-state index contributed by atoms with van der Waals surface area (Å²) in [5.74, 6) is 1.26. The summed E-state index contributed by atoms with van der Waals surface area (Å²) in [5.41, 5.74) is 8.34. The number of hydrogen-bond acceptors (Lipinski definition) is 3. The maximum atomic E-state index is 12.0. The fraction of sp³-hybridized carbons (Fsp3) is 0.267. The van der Waals surface area contributed by atoms with Crippen molar-refractivity contribution < 1.29 is 9.21 Å². The number of nitrogens with two attached hydrogens (primary N) is 1. The molecule has 0 bridgehead atoms. The smallest absolute Gasteiger partial charge is 0.255 e. The van der Waals surface area contributed by atoms with Crippen molar-refractivity contribution in [3.05, 3.63) is 58.5 Å². The van der Waals surface area contributed by atoms with Gasteiger partial charge in [-0.15, -0.1) is 0 Å². The van der Waals surface area contributed by atoms with Gasteiger partial charge in [-0.2, -0.15) is 0 Å². The van der Waals surface area contributed by atoms with Gasteiger partial charge in [0.25, 0.3) is 5.91 Å². The van der Waals surface area contributed by atoms with E-state index in [4.69, 9.17) is 10.2 Å². The summed E-state index contributed by atoms with van der Waals surface area (Å²) in [5, 5.41) is 2.89. The van der Waals surface area contributed by atoms with Crippen LogP contribution < -0.4 is 11.1 Å². The first-order valence-corrected chi connectivity index (χ1v) is 6.24. The number of hydrogen-bond donors (Lipinski definition) is 2. The van der Waals surface area contributed by atoms with Crippen LogP contribution in [0.15, 0.2) is 34.7 Å². The summed E-state index contributed by atoms with van der Waals surface area (Å²) in [6.07, 6.45) is 0. The molecule has 1 aromatic carbocycles. The first-order valence-electron chi connectivity index (χ1n) is 6.24. The van der Waals surface area contributed by atoms with E-state index in [1.54, 1.807) is 13.0 Å². The average Bonchev–Trinajstić information content (AvgIpc) is 2.75. The van der Waals surface area contributed by atoms with E-state index in [1.165, 1.54) is 0 Å². The number of benzene rings is 1. The van der Waals surface area contributed by atoms with E-state index in [0.29, 0.717) is 24.4 Å². The summed E-state index contributed by atoms with van der Waals surface area (Å²) in [6, 6.07) is 9.56. The Morgan fingerprint density at radius 2 is 1.95 bits per heavy atom. The lowest BCUT2D eigenvalue weighted by Gasteiger charge is -2.08. The van der Waals surface area contributed by atoms with Crippen molar-refractivity contribution in [2.75, 3.05) is 0 Å². The minimum absolute atomic E-state index is 0.124. The van der Waals surface area contributed by atoms with E-state index in [2.05, 4.69) is 5.32 Å². The molecule has 0 aliphatic heterocycles. The highest BCUT2D eigenvalue weighted by molar-refractivity contribution is 5.95. The van der Waals surface area contributed by atoms with Gasteiger partial charge in [-0.05, 0) is 31.0 Å². The molecule has 2 rings (SSSR count). The van der Waals surface area contributed by atoms with Crippen LogP contribution in [-0.4, -0.2) is 5.91 Å². The first kappa shape index (κ1) is 13.4. The second kappa shape index (κ2) is 5.71. The molecular formula is C15H18N2O2. The normalized spacial score (nSPS) is 10.5. The zero-order valence-electron chi connectivity index (χ0n) is 11.2. The van der Waals surface area contributed by atoms with E-state index in [9.17, 15) is 4.79 Å².